The van der Waals surface area contributed by atoms with Gasteiger partial charge in [0.1, 0.15) is 35.4 Å². The Bertz CT molecular complexity index is 5690. The molecule has 1 amide bonds. The van der Waals surface area contributed by atoms with Crippen LogP contribution in [0.2, 0.25) is 0 Å². The summed E-state index contributed by atoms with van der Waals surface area (Å²) in [6.45, 7) is 29.5. The van der Waals surface area contributed by atoms with Crippen LogP contribution in [0.4, 0.5) is 0 Å². The smallest absolute Gasteiger partial charge is 0.338 e. The maximum absolute atomic E-state index is 15.5. The van der Waals surface area contributed by atoms with E-state index in [1.807, 2.05) is 0 Å². The molecule has 3 heterocycles. The van der Waals surface area contributed by atoms with Gasteiger partial charge in [-0.3, -0.25) is 28.8 Å². The molecule has 2 bridgehead atoms. The van der Waals surface area contributed by atoms with E-state index in [0.29, 0.717) is 74.6 Å². The van der Waals surface area contributed by atoms with E-state index in [0.717, 1.165) is 56.9 Å². The number of carbonyl (C=O) groups is 8. The van der Waals surface area contributed by atoms with Gasteiger partial charge in [0, 0.05) is 82.7 Å². The molecule has 26 nitrogen and oxygen atoms in total. The van der Waals surface area contributed by atoms with Crippen LogP contribution in [0.1, 0.15) is 248 Å². The molecule has 7 fully saturated rings. The van der Waals surface area contributed by atoms with Crippen molar-refractivity contribution in [3.8, 4) is 45.6 Å². The predicted molar refractivity (Wildman–Crippen MR) is 483 cm³/mol. The van der Waals surface area contributed by atoms with Gasteiger partial charge in [-0.05, 0) is 202 Å². The highest BCUT2D eigenvalue weighted by Gasteiger charge is 2.79. The van der Waals surface area contributed by atoms with E-state index in [2.05, 4.69) is 44.4 Å². The fourth-order valence-electron chi connectivity index (χ4n) is 24.9. The largest absolute Gasteiger partial charge is 0.507 e. The highest BCUT2D eigenvalue weighted by atomic mass is 16.6. The van der Waals surface area contributed by atoms with Crippen LogP contribution in [0.25, 0.3) is 32.7 Å². The standard InChI is InChI=1S/C47H51NO14.C30H30O8.C27H41NO2/c1-25-31(60-43(56)36(52)35(28-16-10-7-11-17-28)48-41(54)29-18-12-8-13-19-29)23-47(57)40(61-42(55)30-20-14-9-15-21-30)38-45(6,32(51)22-33-46(38,24-58-33)62-27(3)50)39(53)37(59-26(2)49)34(25)44(47,4)5;1-11(2)19-15-7-13(5)21(27(35)23(15)17(9-31)25(33)29(19)37)22-14(6)8-16-20(12(3)4)30(38)26(34)18(10-32)24(16)28(22)36;1-15-11-24-25(28-14-15)17(3)27(30-24)10-8-20-21-6-5-18-12-19(29)7-9-26(18,4)23(21)13-22(20)16(27)2/h7-21,31-33,35-38,40,51-52,57H,22-24H2,1-6H3,(H,48,54);7-12,33-38H,1-6H3;5,15,17,19-21,23-25,28-29H,6-14H2,1-4H3/t31-,32-,33+,35-,36+,37+,38-,40-,45+,46-,47+;;15-,17+,19-,20-,21-,23-,24+,25-,26-,27-/m0.0/s1. The lowest BCUT2D eigenvalue weighted by atomic mass is 9.44. The van der Waals surface area contributed by atoms with Crippen LogP contribution < -0.4 is 10.6 Å². The number of ether oxygens (including phenoxy) is 6. The Balaban J connectivity index is 0.000000162. The van der Waals surface area contributed by atoms with Crippen molar-refractivity contribution in [2.24, 2.45) is 51.8 Å². The number of allylic oxidation sites excluding steroid dienone is 2. The number of amides is 1. The minimum absolute atomic E-state index is 0.00289. The first-order chi connectivity index (χ1) is 61.4. The lowest BCUT2D eigenvalue weighted by Crippen LogP contribution is -2.82. The van der Waals surface area contributed by atoms with Crippen molar-refractivity contribution < 1.29 is 118 Å². The zero-order valence-electron chi connectivity index (χ0n) is 76.6. The van der Waals surface area contributed by atoms with Crippen LogP contribution in [0.5, 0.6) is 34.5 Å². The number of aldehydes is 2. The lowest BCUT2D eigenvalue weighted by Gasteiger charge is -2.67. The van der Waals surface area contributed by atoms with Crippen LogP contribution in [-0.4, -0.2) is 184 Å². The van der Waals surface area contributed by atoms with Gasteiger partial charge in [-0.2, -0.15) is 0 Å². The second-order valence-electron chi connectivity index (χ2n) is 39.8. The summed E-state index contributed by atoms with van der Waals surface area (Å²) >= 11 is 0. The van der Waals surface area contributed by atoms with Gasteiger partial charge in [0.25, 0.3) is 5.91 Å². The van der Waals surface area contributed by atoms with Crippen molar-refractivity contribution in [1.29, 1.82) is 0 Å². The number of phenols is 6. The number of aromatic hydroxyl groups is 6. The van der Waals surface area contributed by atoms with E-state index >= 15 is 4.79 Å². The number of rotatable bonds is 15. The summed E-state index contributed by atoms with van der Waals surface area (Å²) in [5, 5.41) is 121. The Morgan fingerprint density at radius 2 is 1.24 bits per heavy atom. The Labute approximate surface area is 756 Å². The molecule has 21 atom stereocenters. The maximum Gasteiger partial charge on any atom is 0.338 e. The second kappa shape index (κ2) is 35.0. The molecule has 3 aliphatic heterocycles. The van der Waals surface area contributed by atoms with Gasteiger partial charge in [-0.1, -0.05) is 158 Å². The molecule has 7 aromatic carbocycles. The van der Waals surface area contributed by atoms with Gasteiger partial charge >= 0.3 is 23.9 Å². The van der Waals surface area contributed by atoms with Gasteiger partial charge < -0.3 is 90.1 Å². The number of carbonyl (C=O) groups excluding carboxylic acids is 8. The number of hydrogen-bond acceptors (Lipinski definition) is 25. The van der Waals surface area contributed by atoms with Gasteiger partial charge in [0.05, 0.1) is 64.6 Å². The summed E-state index contributed by atoms with van der Waals surface area (Å²) in [5.74, 6) is -6.77. The zero-order valence-corrected chi connectivity index (χ0v) is 76.6. The number of benzene rings is 7. The molecular weight excluding hydrogens is 1660 g/mol. The third-order valence-electron chi connectivity index (χ3n) is 31.6. The lowest BCUT2D eigenvalue weighted by molar-refractivity contribution is -0.346. The minimum atomic E-state index is -2.39. The number of fused-ring (bicyclic) bond motifs is 13. The molecule has 26 heteroatoms. The Kier molecular flexibility index (Phi) is 25.3. The van der Waals surface area contributed by atoms with Crippen molar-refractivity contribution >= 4 is 69.7 Å². The van der Waals surface area contributed by atoms with Crippen molar-refractivity contribution in [3.05, 3.63) is 187 Å². The van der Waals surface area contributed by atoms with Crippen LogP contribution >= 0.6 is 0 Å². The second-order valence-corrected chi connectivity index (χ2v) is 39.8. The molecule has 0 radical (unpaired) electrons. The fourth-order valence-corrected chi connectivity index (χ4v) is 24.9. The number of piperidine rings is 1. The first-order valence-corrected chi connectivity index (χ1v) is 45.5. The monoisotopic (exact) mass is 1780 g/mol. The molecule has 7 aliphatic carbocycles. The number of aliphatic hydroxyl groups excluding tert-OH is 3. The molecule has 7 aromatic rings. The summed E-state index contributed by atoms with van der Waals surface area (Å²) < 4.78 is 37.3. The summed E-state index contributed by atoms with van der Waals surface area (Å²) in [5.41, 5.74) is -0.434. The van der Waals surface area contributed by atoms with Gasteiger partial charge in [0.15, 0.2) is 59.2 Å². The van der Waals surface area contributed by atoms with Crippen LogP contribution in [-0.2, 0) is 47.6 Å². The van der Waals surface area contributed by atoms with E-state index in [1.54, 1.807) is 163 Å². The third-order valence-corrected chi connectivity index (χ3v) is 31.6. The number of nitrogens with one attached hydrogen (secondary N) is 2. The molecular formula is C104H122N2O24. The number of phenolic OH excluding ortho intramolecular Hbond substituents is 6. The molecule has 17 rings (SSSR count). The summed E-state index contributed by atoms with van der Waals surface area (Å²) in [6.07, 6.45) is 2.33. The molecule has 3 saturated heterocycles. The third kappa shape index (κ3) is 15.1. The number of esters is 4. The normalized spacial score (nSPS) is 31.3. The molecule has 4 saturated carbocycles. The van der Waals surface area contributed by atoms with Gasteiger partial charge in [-0.25, -0.2) is 9.59 Å². The van der Waals surface area contributed by atoms with E-state index in [-0.39, 0.29) is 91.9 Å². The summed E-state index contributed by atoms with van der Waals surface area (Å²) in [6, 6.07) is 26.8. The number of hydrogen-bond donors (Lipinski definition) is 12. The molecule has 12 N–H and O–H groups in total. The summed E-state index contributed by atoms with van der Waals surface area (Å²) in [7, 11) is 0. The predicted octanol–water partition coefficient (Wildman–Crippen LogP) is 15.1. The fraction of sp³-hybridized carbons (Fsp3) is 0.500. The molecule has 0 aromatic heterocycles. The first kappa shape index (κ1) is 93.8. The average Bonchev–Trinajstić information content (AvgIpc) is 0.873. The number of ketones is 1. The number of aliphatic hydroxyl groups is 4. The Morgan fingerprint density at radius 3 is 1.77 bits per heavy atom. The van der Waals surface area contributed by atoms with E-state index < -0.39 is 147 Å². The van der Waals surface area contributed by atoms with Crippen LogP contribution in [0.15, 0.2) is 137 Å². The van der Waals surface area contributed by atoms with Crippen molar-refractivity contribution in [3.63, 3.8) is 0 Å². The quantitative estimate of drug-likeness (QED) is 0.0149. The van der Waals surface area contributed by atoms with Gasteiger partial charge in [-0.15, -0.1) is 0 Å². The average molecular weight is 1780 g/mol. The van der Waals surface area contributed by atoms with Crippen molar-refractivity contribution in [2.45, 2.75) is 265 Å². The molecule has 692 valence electrons. The van der Waals surface area contributed by atoms with Crippen LogP contribution in [0, 0.1) is 65.6 Å². The molecule has 1 spiro atoms. The van der Waals surface area contributed by atoms with Gasteiger partial charge in [0.2, 0.25) is 0 Å². The highest BCUT2D eigenvalue weighted by molar-refractivity contribution is 6.14. The maximum atomic E-state index is 15.5. The minimum Gasteiger partial charge on any atom is -0.507 e. The highest BCUT2D eigenvalue weighted by Crippen LogP contribution is 2.68. The molecule has 10 aliphatic rings. The Hall–Kier alpha value is -10.8. The zero-order chi connectivity index (χ0) is 94.2. The summed E-state index contributed by atoms with van der Waals surface area (Å²) in [4.78, 5) is 107. The SMILES string of the molecule is CC(=O)O[C@H]1C(=O)[C@@]2(C)[C@H]([C@H](OC(=O)c3ccccc3)[C@]3(O)C[C@H](OC(=O)[C@H](O)[C@@H](NC(=O)c4ccccc4)c4ccccc4)C(C)=C1C3(C)C)[C@]1(OC(C)=O)CO[C@@H]1C[C@@H]2O.CC1=C2C[C@H]3[C@@H](CC=C4C[C@@H](O)CC[C@@]43C)[C@@H]2CC[C@]12O[C@@H]1C[C@H](C)CN[C@H]1[C@H]2C.Cc1cc2c(C(C)C)c(O)c(O)c(C=O)c2c(O)c1-c1c(C)cc2c(C(C)C)c(O)c(O)c(C=O)c2c1O. The van der Waals surface area contributed by atoms with Crippen molar-refractivity contribution in [1.82, 2.24) is 10.6 Å². The molecule has 0 unspecified atom stereocenters. The number of aryl methyl sites for hydroxylation is 2. The molecule has 130 heavy (non-hydrogen) atoms. The number of Topliss-reactive ketones (excluding diaryl/α,β-unsaturated/α-hetero) is 1. The first-order valence-electron chi connectivity index (χ1n) is 45.5. The van der Waals surface area contributed by atoms with Crippen molar-refractivity contribution in [2.75, 3.05) is 13.2 Å². The van der Waals surface area contributed by atoms with E-state index in [9.17, 15) is 84.6 Å². The van der Waals surface area contributed by atoms with E-state index in [1.165, 1.54) is 64.5 Å². The van der Waals surface area contributed by atoms with E-state index in [4.69, 9.17) is 28.4 Å². The van der Waals surface area contributed by atoms with Crippen LogP contribution in [0.3, 0.4) is 0 Å². The topological polar surface area (TPSA) is 418 Å². The Morgan fingerprint density at radius 1 is 0.677 bits per heavy atom.